The minimum absolute atomic E-state index is 0.761. The van der Waals surface area contributed by atoms with Crippen molar-refractivity contribution in [2.24, 2.45) is 0 Å². The summed E-state index contributed by atoms with van der Waals surface area (Å²) in [7, 11) is 0. The Morgan fingerprint density at radius 3 is 1.45 bits per heavy atom. The Labute approximate surface area is 193 Å². The Balaban J connectivity index is 0.000000225. The van der Waals surface area contributed by atoms with Crippen molar-refractivity contribution >= 4 is 11.8 Å². The van der Waals surface area contributed by atoms with Crippen LogP contribution in [0.3, 0.4) is 0 Å². The molecule has 0 aromatic heterocycles. The molecule has 166 valence electrons. The standard InChI is InChI=1S/C16H18S.C12H18O2/c1-3-13-9-5-7-11-15(13)17-16-12-8-6-10-14(16)4-2;1-3-8-13-11-6-5-7-12(10-11)14-9-4-2/h5-12H,3-4H2,1-2H3;5-7,10H,3-4,8-9H2,1-2H3. The first-order chi connectivity index (χ1) is 15.2. The van der Waals surface area contributed by atoms with E-state index in [1.807, 2.05) is 36.0 Å². The summed E-state index contributed by atoms with van der Waals surface area (Å²) in [5.41, 5.74) is 2.87. The SMILES string of the molecule is CCCOc1cccc(OCCC)c1.CCc1ccccc1Sc1ccccc1CC. The molecule has 0 amide bonds. The number of benzene rings is 3. The summed E-state index contributed by atoms with van der Waals surface area (Å²) in [6, 6.07) is 25.2. The fourth-order valence-electron chi connectivity index (χ4n) is 3.00. The molecule has 31 heavy (non-hydrogen) atoms. The Morgan fingerprint density at radius 2 is 1.03 bits per heavy atom. The molecule has 0 aliphatic heterocycles. The molecular weight excluding hydrogens is 400 g/mol. The van der Waals surface area contributed by atoms with Gasteiger partial charge in [-0.2, -0.15) is 0 Å². The fourth-order valence-corrected chi connectivity index (χ4v) is 4.22. The van der Waals surface area contributed by atoms with Gasteiger partial charge in [0.15, 0.2) is 0 Å². The van der Waals surface area contributed by atoms with E-state index in [2.05, 4.69) is 76.2 Å². The van der Waals surface area contributed by atoms with E-state index < -0.39 is 0 Å². The van der Waals surface area contributed by atoms with Crippen LogP contribution in [0.2, 0.25) is 0 Å². The molecule has 2 nitrogen and oxygen atoms in total. The summed E-state index contributed by atoms with van der Waals surface area (Å²) >= 11 is 1.89. The molecule has 0 heterocycles. The third kappa shape index (κ3) is 8.70. The zero-order valence-corrected chi connectivity index (χ0v) is 20.2. The predicted octanol–water partition coefficient (Wildman–Crippen LogP) is 8.23. The molecule has 0 bridgehead atoms. The predicted molar refractivity (Wildman–Crippen MR) is 134 cm³/mol. The van der Waals surface area contributed by atoms with Crippen LogP contribution in [0.15, 0.2) is 82.6 Å². The molecule has 0 unspecified atom stereocenters. The van der Waals surface area contributed by atoms with Crippen molar-refractivity contribution in [2.45, 2.75) is 63.2 Å². The van der Waals surface area contributed by atoms with Gasteiger partial charge in [0, 0.05) is 15.9 Å². The van der Waals surface area contributed by atoms with E-state index in [4.69, 9.17) is 9.47 Å². The van der Waals surface area contributed by atoms with Gasteiger partial charge in [-0.15, -0.1) is 0 Å². The van der Waals surface area contributed by atoms with Crippen molar-refractivity contribution < 1.29 is 9.47 Å². The lowest BCUT2D eigenvalue weighted by molar-refractivity contribution is 0.301. The summed E-state index contributed by atoms with van der Waals surface area (Å²) < 4.78 is 11.0. The highest BCUT2D eigenvalue weighted by atomic mass is 32.2. The van der Waals surface area contributed by atoms with Crippen molar-refractivity contribution in [1.29, 1.82) is 0 Å². The van der Waals surface area contributed by atoms with Gasteiger partial charge in [0.05, 0.1) is 13.2 Å². The number of rotatable bonds is 10. The Hall–Kier alpha value is -2.39. The summed E-state index contributed by atoms with van der Waals surface area (Å²) in [4.78, 5) is 2.77. The highest BCUT2D eigenvalue weighted by Gasteiger charge is 2.05. The Kier molecular flexibility index (Phi) is 11.7. The normalized spacial score (nSPS) is 10.2. The van der Waals surface area contributed by atoms with Crippen LogP contribution in [0.4, 0.5) is 0 Å². The van der Waals surface area contributed by atoms with Crippen LogP contribution in [0.25, 0.3) is 0 Å². The minimum Gasteiger partial charge on any atom is -0.493 e. The third-order valence-corrected chi connectivity index (χ3v) is 5.91. The van der Waals surface area contributed by atoms with Gasteiger partial charge < -0.3 is 9.47 Å². The van der Waals surface area contributed by atoms with Crippen molar-refractivity contribution in [3.8, 4) is 11.5 Å². The molecular formula is C28H36O2S. The molecule has 0 aliphatic carbocycles. The number of hydrogen-bond donors (Lipinski definition) is 0. The lowest BCUT2D eigenvalue weighted by Gasteiger charge is -2.10. The van der Waals surface area contributed by atoms with Gasteiger partial charge in [0.2, 0.25) is 0 Å². The van der Waals surface area contributed by atoms with Crippen molar-refractivity contribution in [3.63, 3.8) is 0 Å². The maximum absolute atomic E-state index is 5.50. The van der Waals surface area contributed by atoms with E-state index in [0.29, 0.717) is 0 Å². The molecule has 0 spiro atoms. The summed E-state index contributed by atoms with van der Waals surface area (Å²) in [5.74, 6) is 1.78. The number of aryl methyl sites for hydroxylation is 2. The zero-order valence-electron chi connectivity index (χ0n) is 19.4. The highest BCUT2D eigenvalue weighted by molar-refractivity contribution is 7.99. The first-order valence-electron chi connectivity index (χ1n) is 11.4. The zero-order chi connectivity index (χ0) is 22.3. The smallest absolute Gasteiger partial charge is 0.122 e. The van der Waals surface area contributed by atoms with Crippen LogP contribution in [-0.2, 0) is 12.8 Å². The molecule has 3 rings (SSSR count). The van der Waals surface area contributed by atoms with Crippen LogP contribution >= 0.6 is 11.8 Å². The fraction of sp³-hybridized carbons (Fsp3) is 0.357. The summed E-state index contributed by atoms with van der Waals surface area (Å²) in [5, 5.41) is 0. The molecule has 0 N–H and O–H groups in total. The summed E-state index contributed by atoms with van der Waals surface area (Å²) in [6.07, 6.45) is 4.25. The van der Waals surface area contributed by atoms with E-state index in [1.165, 1.54) is 20.9 Å². The van der Waals surface area contributed by atoms with Crippen molar-refractivity contribution in [3.05, 3.63) is 83.9 Å². The van der Waals surface area contributed by atoms with E-state index in [0.717, 1.165) is 50.4 Å². The van der Waals surface area contributed by atoms with E-state index in [1.54, 1.807) is 0 Å². The molecule has 3 aromatic carbocycles. The second-order valence-corrected chi connectivity index (χ2v) is 8.28. The van der Waals surface area contributed by atoms with Gasteiger partial charge in [0.25, 0.3) is 0 Å². The van der Waals surface area contributed by atoms with Crippen molar-refractivity contribution in [1.82, 2.24) is 0 Å². The molecule has 0 saturated heterocycles. The van der Waals surface area contributed by atoms with Gasteiger partial charge >= 0.3 is 0 Å². The molecule has 0 saturated carbocycles. The van der Waals surface area contributed by atoms with E-state index in [9.17, 15) is 0 Å². The van der Waals surface area contributed by atoms with Crippen LogP contribution in [-0.4, -0.2) is 13.2 Å². The third-order valence-electron chi connectivity index (χ3n) is 4.68. The second kappa shape index (κ2) is 14.6. The van der Waals surface area contributed by atoms with Crippen molar-refractivity contribution in [2.75, 3.05) is 13.2 Å². The Morgan fingerprint density at radius 1 is 0.581 bits per heavy atom. The number of hydrogen-bond acceptors (Lipinski definition) is 3. The van der Waals surface area contributed by atoms with Gasteiger partial charge in [-0.05, 0) is 61.1 Å². The van der Waals surface area contributed by atoms with Crippen LogP contribution in [0.1, 0.15) is 51.7 Å². The maximum atomic E-state index is 5.50. The average molecular weight is 437 g/mol. The number of ether oxygens (including phenoxy) is 2. The van der Waals surface area contributed by atoms with E-state index >= 15 is 0 Å². The van der Waals surface area contributed by atoms with Gasteiger partial charge in [-0.1, -0.05) is 81.9 Å². The highest BCUT2D eigenvalue weighted by Crippen LogP contribution is 2.33. The topological polar surface area (TPSA) is 18.5 Å². The monoisotopic (exact) mass is 436 g/mol. The first-order valence-corrected chi connectivity index (χ1v) is 12.2. The van der Waals surface area contributed by atoms with Gasteiger partial charge in [-0.3, -0.25) is 0 Å². The lowest BCUT2D eigenvalue weighted by Crippen LogP contribution is -1.97. The quantitative estimate of drug-likeness (QED) is 0.319. The van der Waals surface area contributed by atoms with Gasteiger partial charge in [0.1, 0.15) is 11.5 Å². The first kappa shape index (κ1) is 24.9. The van der Waals surface area contributed by atoms with Gasteiger partial charge in [-0.25, -0.2) is 0 Å². The van der Waals surface area contributed by atoms with Crippen LogP contribution in [0.5, 0.6) is 11.5 Å². The Bertz CT molecular complexity index is 823. The van der Waals surface area contributed by atoms with E-state index in [-0.39, 0.29) is 0 Å². The average Bonchev–Trinajstić information content (AvgIpc) is 2.83. The molecule has 0 aliphatic rings. The lowest BCUT2D eigenvalue weighted by atomic mass is 10.2. The molecule has 0 radical (unpaired) electrons. The maximum Gasteiger partial charge on any atom is 0.122 e. The second-order valence-electron chi connectivity index (χ2n) is 7.20. The molecule has 0 atom stereocenters. The summed E-state index contributed by atoms with van der Waals surface area (Å²) in [6.45, 7) is 10.1. The molecule has 0 fully saturated rings. The van der Waals surface area contributed by atoms with Crippen LogP contribution in [0, 0.1) is 0 Å². The molecule has 3 aromatic rings. The molecule has 3 heteroatoms. The van der Waals surface area contributed by atoms with Crippen LogP contribution < -0.4 is 9.47 Å². The minimum atomic E-state index is 0.761. The largest absolute Gasteiger partial charge is 0.493 e.